The lowest BCUT2D eigenvalue weighted by atomic mass is 10.1. The molecule has 0 spiro atoms. The van der Waals surface area contributed by atoms with Crippen molar-refractivity contribution in [1.29, 1.82) is 0 Å². The molecule has 1 unspecified atom stereocenters. The fourth-order valence-corrected chi connectivity index (χ4v) is 2.78. The summed E-state index contributed by atoms with van der Waals surface area (Å²) in [6.45, 7) is 5.33. The molecule has 0 amide bonds. The van der Waals surface area contributed by atoms with Crippen LogP contribution in [0.4, 0.5) is 0 Å². The second kappa shape index (κ2) is 6.81. The highest BCUT2D eigenvalue weighted by Crippen LogP contribution is 2.09. The van der Waals surface area contributed by atoms with E-state index < -0.39 is 0 Å². The summed E-state index contributed by atoms with van der Waals surface area (Å²) in [6.07, 6.45) is 1.84. The molecular formula is C11H16BrIN2. The summed E-state index contributed by atoms with van der Waals surface area (Å²) < 4.78 is 2.16. The molecule has 1 heterocycles. The fourth-order valence-electron chi connectivity index (χ4n) is 1.22. The minimum atomic E-state index is 0.566. The summed E-state index contributed by atoms with van der Waals surface area (Å²) in [5.74, 6) is 0.664. The maximum atomic E-state index is 4.33. The van der Waals surface area contributed by atoms with Crippen molar-refractivity contribution in [2.24, 2.45) is 5.92 Å². The molecule has 1 aromatic rings. The quantitative estimate of drug-likeness (QED) is 0.623. The van der Waals surface area contributed by atoms with E-state index in [1.807, 2.05) is 18.3 Å². The highest BCUT2D eigenvalue weighted by molar-refractivity contribution is 14.1. The van der Waals surface area contributed by atoms with Gasteiger partial charge in [-0.15, -0.1) is 0 Å². The zero-order valence-electron chi connectivity index (χ0n) is 9.00. The Bertz CT molecular complexity index is 287. The largest absolute Gasteiger partial charge is 0.307 e. The van der Waals surface area contributed by atoms with Crippen LogP contribution >= 0.6 is 38.5 Å². The SMILES string of the molecule is CC(C)C(CI)NCc1ccc(Br)cn1. The molecule has 15 heavy (non-hydrogen) atoms. The Kier molecular flexibility index (Phi) is 6.07. The van der Waals surface area contributed by atoms with Crippen LogP contribution in [0, 0.1) is 5.92 Å². The van der Waals surface area contributed by atoms with E-state index in [0.717, 1.165) is 21.1 Å². The van der Waals surface area contributed by atoms with Crippen molar-refractivity contribution in [2.45, 2.75) is 26.4 Å². The first-order valence-corrected chi connectivity index (χ1v) is 7.35. The standard InChI is InChI=1S/C11H16BrIN2/c1-8(2)11(5-13)15-7-10-4-3-9(12)6-14-10/h3-4,6,8,11,15H,5,7H2,1-2H3. The number of halogens is 2. The lowest BCUT2D eigenvalue weighted by molar-refractivity contribution is 0.434. The summed E-state index contributed by atoms with van der Waals surface area (Å²) >= 11 is 5.80. The predicted molar refractivity (Wildman–Crippen MR) is 76.3 cm³/mol. The Labute approximate surface area is 114 Å². The number of aromatic nitrogens is 1. The molecule has 0 aromatic carbocycles. The first-order valence-electron chi connectivity index (χ1n) is 5.03. The molecule has 4 heteroatoms. The van der Waals surface area contributed by atoms with E-state index in [2.05, 4.69) is 62.7 Å². The molecule has 0 aliphatic rings. The van der Waals surface area contributed by atoms with Crippen molar-refractivity contribution in [3.8, 4) is 0 Å². The number of rotatable bonds is 5. The van der Waals surface area contributed by atoms with E-state index in [1.54, 1.807) is 0 Å². The third kappa shape index (κ3) is 4.78. The molecular weight excluding hydrogens is 367 g/mol. The Hall–Kier alpha value is 0.320. The Morgan fingerprint density at radius 2 is 2.20 bits per heavy atom. The van der Waals surface area contributed by atoms with Crippen LogP contribution in [0.5, 0.6) is 0 Å². The average Bonchev–Trinajstić information content (AvgIpc) is 2.21. The summed E-state index contributed by atoms with van der Waals surface area (Å²) in [7, 11) is 0. The molecule has 84 valence electrons. The maximum absolute atomic E-state index is 4.33. The van der Waals surface area contributed by atoms with Gasteiger partial charge in [-0.2, -0.15) is 0 Å². The number of nitrogens with one attached hydrogen (secondary N) is 1. The third-order valence-electron chi connectivity index (χ3n) is 2.30. The van der Waals surface area contributed by atoms with E-state index in [1.165, 1.54) is 0 Å². The van der Waals surface area contributed by atoms with Crippen molar-refractivity contribution < 1.29 is 0 Å². The normalized spacial score (nSPS) is 13.1. The van der Waals surface area contributed by atoms with E-state index >= 15 is 0 Å². The van der Waals surface area contributed by atoms with Gasteiger partial charge in [0.25, 0.3) is 0 Å². The summed E-state index contributed by atoms with van der Waals surface area (Å²) in [5.41, 5.74) is 1.09. The van der Waals surface area contributed by atoms with Crippen LogP contribution in [0.3, 0.4) is 0 Å². The van der Waals surface area contributed by atoms with E-state index in [9.17, 15) is 0 Å². The molecule has 1 rings (SSSR count). The maximum Gasteiger partial charge on any atom is 0.0542 e. The minimum absolute atomic E-state index is 0.566. The van der Waals surface area contributed by atoms with Gasteiger partial charge >= 0.3 is 0 Å². The van der Waals surface area contributed by atoms with Gasteiger partial charge in [-0.05, 0) is 34.0 Å². The topological polar surface area (TPSA) is 24.9 Å². The van der Waals surface area contributed by atoms with Gasteiger partial charge in [0, 0.05) is 27.7 Å². The van der Waals surface area contributed by atoms with Crippen molar-refractivity contribution >= 4 is 38.5 Å². The third-order valence-corrected chi connectivity index (χ3v) is 3.72. The molecule has 0 fully saturated rings. The number of hydrogen-bond donors (Lipinski definition) is 1. The Morgan fingerprint density at radius 1 is 1.47 bits per heavy atom. The first kappa shape index (κ1) is 13.4. The Balaban J connectivity index is 2.45. The van der Waals surface area contributed by atoms with Gasteiger partial charge in [0.2, 0.25) is 0 Å². The van der Waals surface area contributed by atoms with E-state index in [0.29, 0.717) is 12.0 Å². The highest BCUT2D eigenvalue weighted by atomic mass is 127. The molecule has 2 nitrogen and oxygen atoms in total. The van der Waals surface area contributed by atoms with Crippen LogP contribution in [0.2, 0.25) is 0 Å². The van der Waals surface area contributed by atoms with Gasteiger partial charge in [0.15, 0.2) is 0 Å². The van der Waals surface area contributed by atoms with Crippen LogP contribution in [-0.4, -0.2) is 15.5 Å². The predicted octanol–water partition coefficient (Wildman–Crippen LogP) is 3.39. The average molecular weight is 383 g/mol. The highest BCUT2D eigenvalue weighted by Gasteiger charge is 2.10. The van der Waals surface area contributed by atoms with Crippen LogP contribution in [0.15, 0.2) is 22.8 Å². The van der Waals surface area contributed by atoms with Crippen molar-refractivity contribution in [3.05, 3.63) is 28.5 Å². The fraction of sp³-hybridized carbons (Fsp3) is 0.545. The van der Waals surface area contributed by atoms with Gasteiger partial charge < -0.3 is 5.32 Å². The van der Waals surface area contributed by atoms with Crippen molar-refractivity contribution in [2.75, 3.05) is 4.43 Å². The van der Waals surface area contributed by atoms with Crippen LogP contribution in [0.25, 0.3) is 0 Å². The lowest BCUT2D eigenvalue weighted by Gasteiger charge is -2.19. The molecule has 0 saturated carbocycles. The number of alkyl halides is 1. The zero-order chi connectivity index (χ0) is 11.3. The van der Waals surface area contributed by atoms with E-state index in [4.69, 9.17) is 0 Å². The second-order valence-corrected chi connectivity index (χ2v) is 5.65. The van der Waals surface area contributed by atoms with Crippen LogP contribution < -0.4 is 5.32 Å². The van der Waals surface area contributed by atoms with E-state index in [-0.39, 0.29) is 0 Å². The van der Waals surface area contributed by atoms with Crippen molar-refractivity contribution in [1.82, 2.24) is 10.3 Å². The smallest absolute Gasteiger partial charge is 0.0542 e. The van der Waals surface area contributed by atoms with Gasteiger partial charge in [0.05, 0.1) is 5.69 Å². The first-order chi connectivity index (χ1) is 7.13. The Morgan fingerprint density at radius 3 is 2.67 bits per heavy atom. The molecule has 0 aliphatic heterocycles. The second-order valence-electron chi connectivity index (χ2n) is 3.85. The monoisotopic (exact) mass is 382 g/mol. The number of hydrogen-bond acceptors (Lipinski definition) is 2. The molecule has 0 bridgehead atoms. The molecule has 1 N–H and O–H groups in total. The molecule has 0 aliphatic carbocycles. The summed E-state index contributed by atoms with van der Waals surface area (Å²) in [5, 5.41) is 3.52. The number of nitrogens with zero attached hydrogens (tertiary/aromatic N) is 1. The lowest BCUT2D eigenvalue weighted by Crippen LogP contribution is -2.34. The molecule has 1 atom stereocenters. The van der Waals surface area contributed by atoms with Gasteiger partial charge in [-0.3, -0.25) is 4.98 Å². The van der Waals surface area contributed by atoms with Crippen LogP contribution in [-0.2, 0) is 6.54 Å². The number of pyridine rings is 1. The van der Waals surface area contributed by atoms with Gasteiger partial charge in [-0.1, -0.05) is 36.4 Å². The van der Waals surface area contributed by atoms with Crippen LogP contribution in [0.1, 0.15) is 19.5 Å². The molecule has 1 aromatic heterocycles. The minimum Gasteiger partial charge on any atom is -0.307 e. The summed E-state index contributed by atoms with van der Waals surface area (Å²) in [4.78, 5) is 4.33. The van der Waals surface area contributed by atoms with Gasteiger partial charge in [-0.25, -0.2) is 0 Å². The van der Waals surface area contributed by atoms with Gasteiger partial charge in [0.1, 0.15) is 0 Å². The summed E-state index contributed by atoms with van der Waals surface area (Å²) in [6, 6.07) is 4.64. The van der Waals surface area contributed by atoms with Crippen molar-refractivity contribution in [3.63, 3.8) is 0 Å². The molecule has 0 saturated heterocycles. The zero-order valence-corrected chi connectivity index (χ0v) is 12.7. The molecule has 0 radical (unpaired) electrons.